The van der Waals surface area contributed by atoms with Crippen LogP contribution in [0.15, 0.2) is 23.3 Å². The normalized spacial score (nSPS) is 19.9. The van der Waals surface area contributed by atoms with Gasteiger partial charge in [-0.15, -0.1) is 0 Å². The van der Waals surface area contributed by atoms with Gasteiger partial charge in [-0.1, -0.05) is 0 Å². The summed E-state index contributed by atoms with van der Waals surface area (Å²) >= 11 is 0. The van der Waals surface area contributed by atoms with E-state index >= 15 is 0 Å². The van der Waals surface area contributed by atoms with Crippen molar-refractivity contribution in [1.29, 1.82) is 0 Å². The Morgan fingerprint density at radius 3 is 3.00 bits per heavy atom. The molecule has 4 nitrogen and oxygen atoms in total. The van der Waals surface area contributed by atoms with Crippen LogP contribution >= 0.6 is 0 Å². The number of halogens is 1. The molecule has 17 heavy (non-hydrogen) atoms. The molecule has 0 amide bonds. The van der Waals surface area contributed by atoms with Gasteiger partial charge < -0.3 is 10.3 Å². The van der Waals surface area contributed by atoms with Crippen molar-refractivity contribution < 1.29 is 4.39 Å². The van der Waals surface area contributed by atoms with Gasteiger partial charge >= 0.3 is 0 Å². The van der Waals surface area contributed by atoms with E-state index in [1.807, 2.05) is 0 Å². The van der Waals surface area contributed by atoms with Crippen LogP contribution in [0.2, 0.25) is 0 Å². The number of hydrogen-bond donors (Lipinski definition) is 2. The van der Waals surface area contributed by atoms with Crippen LogP contribution < -0.4 is 10.9 Å². The van der Waals surface area contributed by atoms with Crippen LogP contribution in [0.4, 0.5) is 4.39 Å². The van der Waals surface area contributed by atoms with E-state index in [-0.39, 0.29) is 11.5 Å². The van der Waals surface area contributed by atoms with Crippen LogP contribution in [0.1, 0.15) is 18.0 Å². The highest BCUT2D eigenvalue weighted by Crippen LogP contribution is 2.22. The van der Waals surface area contributed by atoms with Crippen molar-refractivity contribution >= 4 is 10.8 Å². The van der Waals surface area contributed by atoms with Gasteiger partial charge in [0, 0.05) is 29.7 Å². The Kier molecular flexibility index (Phi) is 2.40. The van der Waals surface area contributed by atoms with Crippen LogP contribution in [-0.4, -0.2) is 23.1 Å². The molecule has 1 saturated heterocycles. The van der Waals surface area contributed by atoms with Crippen LogP contribution in [0, 0.1) is 5.82 Å². The molecule has 5 heteroatoms. The zero-order valence-electron chi connectivity index (χ0n) is 9.16. The molecule has 3 rings (SSSR count). The maximum Gasteiger partial charge on any atom is 0.257 e. The molecule has 0 aromatic carbocycles. The van der Waals surface area contributed by atoms with Gasteiger partial charge in [0.1, 0.15) is 5.82 Å². The average Bonchev–Trinajstić information content (AvgIpc) is 2.84. The summed E-state index contributed by atoms with van der Waals surface area (Å²) in [5.74, 6) is -0.180. The molecule has 2 aromatic heterocycles. The Bertz CT molecular complexity index is 617. The van der Waals surface area contributed by atoms with Gasteiger partial charge in [-0.25, -0.2) is 4.39 Å². The van der Waals surface area contributed by atoms with Crippen molar-refractivity contribution in [3.05, 3.63) is 40.3 Å². The summed E-state index contributed by atoms with van der Waals surface area (Å²) in [7, 11) is 0. The second-order valence-corrected chi connectivity index (χ2v) is 4.33. The van der Waals surface area contributed by atoms with E-state index < -0.39 is 5.82 Å². The molecule has 1 aliphatic heterocycles. The molecule has 0 saturated carbocycles. The van der Waals surface area contributed by atoms with Crippen LogP contribution in [-0.2, 0) is 0 Å². The summed E-state index contributed by atoms with van der Waals surface area (Å²) in [5.41, 5.74) is 0.536. The molecule has 2 aromatic rings. The fourth-order valence-electron chi connectivity index (χ4n) is 2.30. The van der Waals surface area contributed by atoms with Crippen LogP contribution in [0.25, 0.3) is 10.8 Å². The van der Waals surface area contributed by atoms with E-state index in [2.05, 4.69) is 15.3 Å². The van der Waals surface area contributed by atoms with E-state index in [4.69, 9.17) is 0 Å². The molecule has 0 radical (unpaired) electrons. The summed E-state index contributed by atoms with van der Waals surface area (Å²) in [4.78, 5) is 18.3. The first kappa shape index (κ1) is 10.4. The number of aromatic amines is 1. The van der Waals surface area contributed by atoms with Crippen molar-refractivity contribution in [3.63, 3.8) is 0 Å². The molecule has 1 fully saturated rings. The van der Waals surface area contributed by atoms with E-state index in [0.717, 1.165) is 31.4 Å². The number of pyridine rings is 2. The Balaban J connectivity index is 2.22. The topological polar surface area (TPSA) is 57.8 Å². The van der Waals surface area contributed by atoms with E-state index in [1.54, 1.807) is 6.07 Å². The number of nitrogens with zero attached hydrogens (tertiary/aromatic N) is 1. The number of aromatic nitrogens is 2. The fraction of sp³-hybridized carbons (Fsp3) is 0.333. The van der Waals surface area contributed by atoms with Gasteiger partial charge in [0.2, 0.25) is 0 Å². The molecule has 1 aliphatic rings. The predicted octanol–water partition coefficient (Wildman–Crippen LogP) is 1.14. The first-order valence-corrected chi connectivity index (χ1v) is 5.63. The van der Waals surface area contributed by atoms with Gasteiger partial charge in [0.25, 0.3) is 5.56 Å². The van der Waals surface area contributed by atoms with E-state index in [1.165, 1.54) is 6.20 Å². The molecular weight excluding hydrogens is 221 g/mol. The minimum absolute atomic E-state index is 0.264. The zero-order valence-corrected chi connectivity index (χ0v) is 9.16. The quantitative estimate of drug-likeness (QED) is 0.776. The van der Waals surface area contributed by atoms with Crippen molar-refractivity contribution in [1.82, 2.24) is 15.3 Å². The first-order valence-electron chi connectivity index (χ1n) is 5.63. The van der Waals surface area contributed by atoms with Crippen LogP contribution in [0.5, 0.6) is 0 Å². The van der Waals surface area contributed by atoms with Crippen molar-refractivity contribution in [2.75, 3.05) is 13.1 Å². The Morgan fingerprint density at radius 1 is 1.35 bits per heavy atom. The average molecular weight is 233 g/mol. The number of rotatable bonds is 1. The molecule has 0 spiro atoms. The summed E-state index contributed by atoms with van der Waals surface area (Å²) < 4.78 is 13.6. The predicted molar refractivity (Wildman–Crippen MR) is 62.5 cm³/mol. The Hall–Kier alpha value is -1.75. The van der Waals surface area contributed by atoms with Crippen molar-refractivity contribution in [2.24, 2.45) is 0 Å². The molecular formula is C12H12FN3O. The van der Waals surface area contributed by atoms with E-state index in [9.17, 15) is 9.18 Å². The minimum atomic E-state index is -0.444. The third kappa shape index (κ3) is 1.72. The maximum absolute atomic E-state index is 13.6. The molecule has 1 atom stereocenters. The highest BCUT2D eigenvalue weighted by molar-refractivity contribution is 5.81. The lowest BCUT2D eigenvalue weighted by atomic mass is 10.0. The lowest BCUT2D eigenvalue weighted by Gasteiger charge is -2.09. The summed E-state index contributed by atoms with van der Waals surface area (Å²) in [5, 5.41) is 3.88. The summed E-state index contributed by atoms with van der Waals surface area (Å²) in [6.07, 6.45) is 3.50. The smallest absolute Gasteiger partial charge is 0.257 e. The summed E-state index contributed by atoms with van der Waals surface area (Å²) in [6, 6.07) is 1.73. The number of hydrogen-bond acceptors (Lipinski definition) is 3. The molecule has 0 aliphatic carbocycles. The van der Waals surface area contributed by atoms with Gasteiger partial charge in [0.05, 0.1) is 11.6 Å². The molecule has 1 unspecified atom stereocenters. The highest BCUT2D eigenvalue weighted by Gasteiger charge is 2.19. The SMILES string of the molecule is O=c1[nH]c(C2CCNC2)cc2c(F)cncc12. The number of H-pyrrole nitrogens is 1. The molecule has 0 bridgehead atoms. The summed E-state index contributed by atoms with van der Waals surface area (Å²) in [6.45, 7) is 1.76. The second kappa shape index (κ2) is 3.92. The van der Waals surface area contributed by atoms with Crippen molar-refractivity contribution in [3.8, 4) is 0 Å². The zero-order chi connectivity index (χ0) is 11.8. The Labute approximate surface area is 96.9 Å². The standard InChI is InChI=1S/C12H12FN3O/c13-10-6-15-5-9-8(10)3-11(16-12(9)17)7-1-2-14-4-7/h3,5-7,14H,1-2,4H2,(H,16,17). The van der Waals surface area contributed by atoms with Gasteiger partial charge in [0.15, 0.2) is 0 Å². The Morgan fingerprint density at radius 2 is 2.24 bits per heavy atom. The van der Waals surface area contributed by atoms with Crippen LogP contribution in [0.3, 0.4) is 0 Å². The third-order valence-corrected chi connectivity index (χ3v) is 3.24. The second-order valence-electron chi connectivity index (χ2n) is 4.33. The minimum Gasteiger partial charge on any atom is -0.325 e. The van der Waals surface area contributed by atoms with E-state index in [0.29, 0.717) is 10.8 Å². The molecule has 2 N–H and O–H groups in total. The highest BCUT2D eigenvalue weighted by atomic mass is 19.1. The van der Waals surface area contributed by atoms with Gasteiger partial charge in [-0.05, 0) is 19.0 Å². The number of fused-ring (bicyclic) bond motifs is 1. The third-order valence-electron chi connectivity index (χ3n) is 3.24. The van der Waals surface area contributed by atoms with Gasteiger partial charge in [-0.3, -0.25) is 9.78 Å². The lowest BCUT2D eigenvalue weighted by Crippen LogP contribution is -2.15. The fourth-order valence-corrected chi connectivity index (χ4v) is 2.30. The number of nitrogens with one attached hydrogen (secondary N) is 2. The lowest BCUT2D eigenvalue weighted by molar-refractivity contribution is 0.632. The van der Waals surface area contributed by atoms with Gasteiger partial charge in [-0.2, -0.15) is 0 Å². The first-order chi connectivity index (χ1) is 8.25. The maximum atomic E-state index is 13.6. The molecule has 88 valence electrons. The largest absolute Gasteiger partial charge is 0.325 e. The molecule has 3 heterocycles. The monoisotopic (exact) mass is 233 g/mol. The van der Waals surface area contributed by atoms with Crippen molar-refractivity contribution in [2.45, 2.75) is 12.3 Å².